The van der Waals surface area contributed by atoms with Crippen LogP contribution in [0, 0.1) is 0 Å². The molecule has 162 valence electrons. The third-order valence-corrected chi connectivity index (χ3v) is 5.98. The number of thiazole rings is 1. The number of carbonyl (C=O) groups excluding carboxylic acids is 2. The molecule has 0 aliphatic heterocycles. The number of hydrazine groups is 1. The van der Waals surface area contributed by atoms with Crippen molar-refractivity contribution in [1.29, 1.82) is 0 Å². The maximum atomic E-state index is 12.3. The van der Waals surface area contributed by atoms with Gasteiger partial charge in [-0.2, -0.15) is 0 Å². The average Bonchev–Trinajstić information content (AvgIpc) is 3.25. The summed E-state index contributed by atoms with van der Waals surface area (Å²) in [4.78, 5) is 29.0. The van der Waals surface area contributed by atoms with E-state index in [1.807, 2.05) is 60.7 Å². The average molecular weight is 466 g/mol. The van der Waals surface area contributed by atoms with Gasteiger partial charge in [-0.05, 0) is 35.9 Å². The summed E-state index contributed by atoms with van der Waals surface area (Å²) < 4.78 is 5.71. The highest BCUT2D eigenvalue weighted by Crippen LogP contribution is 2.30. The van der Waals surface area contributed by atoms with Crippen LogP contribution in [0.25, 0.3) is 21.3 Å². The number of fused-ring (bicyclic) bond motifs is 1. The third-order valence-electron chi connectivity index (χ3n) is 4.73. The molecule has 4 rings (SSSR count). The van der Waals surface area contributed by atoms with Crippen LogP contribution in [0.3, 0.4) is 0 Å². The second kappa shape index (κ2) is 9.80. The van der Waals surface area contributed by atoms with E-state index < -0.39 is 12.0 Å². The molecular formula is C24H20ClN3O3S. The lowest BCUT2D eigenvalue weighted by Gasteiger charge is -2.15. The molecule has 0 aliphatic rings. The van der Waals surface area contributed by atoms with Crippen molar-refractivity contribution in [2.75, 3.05) is 0 Å². The van der Waals surface area contributed by atoms with Gasteiger partial charge in [0, 0.05) is 10.9 Å². The van der Waals surface area contributed by atoms with Crippen LogP contribution in [0.1, 0.15) is 12.6 Å². The molecule has 32 heavy (non-hydrogen) atoms. The highest BCUT2D eigenvalue weighted by molar-refractivity contribution is 7.13. The Hall–Kier alpha value is -3.42. The quantitative estimate of drug-likeness (QED) is 0.402. The fourth-order valence-electron chi connectivity index (χ4n) is 3.09. The number of halogens is 1. The molecule has 0 saturated heterocycles. The molecule has 1 heterocycles. The number of rotatable bonds is 6. The lowest BCUT2D eigenvalue weighted by molar-refractivity contribution is -0.132. The van der Waals surface area contributed by atoms with E-state index in [0.717, 1.165) is 21.3 Å². The van der Waals surface area contributed by atoms with Gasteiger partial charge >= 0.3 is 0 Å². The molecule has 1 aromatic heterocycles. The van der Waals surface area contributed by atoms with Crippen LogP contribution < -0.4 is 15.6 Å². The van der Waals surface area contributed by atoms with Crippen LogP contribution in [-0.4, -0.2) is 22.9 Å². The van der Waals surface area contributed by atoms with E-state index in [4.69, 9.17) is 16.3 Å². The lowest BCUT2D eigenvalue weighted by atomic mass is 10.1. The van der Waals surface area contributed by atoms with E-state index in [9.17, 15) is 9.59 Å². The fraction of sp³-hybridized carbons (Fsp3) is 0.125. The molecule has 6 nitrogen and oxygen atoms in total. The van der Waals surface area contributed by atoms with E-state index >= 15 is 0 Å². The Bertz CT molecular complexity index is 1270. The zero-order chi connectivity index (χ0) is 22.5. The summed E-state index contributed by atoms with van der Waals surface area (Å²) in [5.74, 6) is -0.263. The molecule has 1 atom stereocenters. The third kappa shape index (κ3) is 5.25. The van der Waals surface area contributed by atoms with Crippen molar-refractivity contribution in [3.05, 3.63) is 82.8 Å². The molecule has 3 aromatic carbocycles. The van der Waals surface area contributed by atoms with Crippen molar-refractivity contribution in [1.82, 2.24) is 15.8 Å². The van der Waals surface area contributed by atoms with Crippen molar-refractivity contribution >= 4 is 45.5 Å². The van der Waals surface area contributed by atoms with Gasteiger partial charge in [0.1, 0.15) is 10.8 Å². The van der Waals surface area contributed by atoms with Gasteiger partial charge in [-0.15, -0.1) is 11.3 Å². The van der Waals surface area contributed by atoms with Gasteiger partial charge in [0.05, 0.1) is 17.1 Å². The van der Waals surface area contributed by atoms with E-state index in [0.29, 0.717) is 16.5 Å². The van der Waals surface area contributed by atoms with E-state index in [1.165, 1.54) is 11.3 Å². The minimum atomic E-state index is -0.789. The van der Waals surface area contributed by atoms with Gasteiger partial charge in [0.2, 0.25) is 5.91 Å². The Balaban J connectivity index is 1.29. The second-order valence-electron chi connectivity index (χ2n) is 7.11. The normalized spacial score (nSPS) is 11.7. The van der Waals surface area contributed by atoms with Crippen LogP contribution in [0.2, 0.25) is 5.02 Å². The summed E-state index contributed by atoms with van der Waals surface area (Å²) in [5, 5.41) is 5.24. The Morgan fingerprint density at radius 3 is 2.59 bits per heavy atom. The predicted octanol–water partition coefficient (Wildman–Crippen LogP) is 4.77. The topological polar surface area (TPSA) is 80.3 Å². The smallest absolute Gasteiger partial charge is 0.279 e. The standard InChI is InChI=1S/C24H20ClN3O3S/c1-15(31-19-11-10-16-6-2-3-7-17(16)12-19)23(30)28-27-22(29)13-18-14-32-24(26-18)20-8-4-5-9-21(20)25/h2-12,14-15H,13H2,1H3,(H,27,29)(H,28,30). The number of hydrogen-bond donors (Lipinski definition) is 2. The molecule has 0 spiro atoms. The second-order valence-corrected chi connectivity index (χ2v) is 8.37. The van der Waals surface area contributed by atoms with Crippen LogP contribution in [0.4, 0.5) is 0 Å². The van der Waals surface area contributed by atoms with Crippen molar-refractivity contribution in [2.24, 2.45) is 0 Å². The zero-order valence-corrected chi connectivity index (χ0v) is 18.7. The number of nitrogens with one attached hydrogen (secondary N) is 2. The molecule has 0 fully saturated rings. The predicted molar refractivity (Wildman–Crippen MR) is 127 cm³/mol. The number of carbonyl (C=O) groups is 2. The number of amides is 2. The SMILES string of the molecule is CC(Oc1ccc2ccccc2c1)C(=O)NNC(=O)Cc1csc(-c2ccccc2Cl)n1. The minimum absolute atomic E-state index is 0.0289. The largest absolute Gasteiger partial charge is 0.481 e. The lowest BCUT2D eigenvalue weighted by Crippen LogP contribution is -2.47. The van der Waals surface area contributed by atoms with E-state index in [2.05, 4.69) is 15.8 Å². The van der Waals surface area contributed by atoms with E-state index in [1.54, 1.807) is 18.4 Å². The Morgan fingerprint density at radius 1 is 1.03 bits per heavy atom. The molecule has 0 bridgehead atoms. The molecule has 4 aromatic rings. The Labute approximate surface area is 194 Å². The van der Waals surface area contributed by atoms with Gasteiger partial charge < -0.3 is 4.74 Å². The minimum Gasteiger partial charge on any atom is -0.481 e. The zero-order valence-electron chi connectivity index (χ0n) is 17.2. The summed E-state index contributed by atoms with van der Waals surface area (Å²) >= 11 is 7.61. The number of hydrogen-bond acceptors (Lipinski definition) is 5. The van der Waals surface area contributed by atoms with Gasteiger partial charge in [-0.3, -0.25) is 20.4 Å². The van der Waals surface area contributed by atoms with Crippen molar-refractivity contribution in [3.8, 4) is 16.3 Å². The molecule has 2 N–H and O–H groups in total. The van der Waals surface area contributed by atoms with Gasteiger partial charge in [0.25, 0.3) is 5.91 Å². The maximum Gasteiger partial charge on any atom is 0.279 e. The summed E-state index contributed by atoms with van der Waals surface area (Å²) in [7, 11) is 0. The monoisotopic (exact) mass is 465 g/mol. The fourth-order valence-corrected chi connectivity index (χ4v) is 4.23. The van der Waals surface area contributed by atoms with Crippen molar-refractivity contribution in [2.45, 2.75) is 19.4 Å². The number of aromatic nitrogens is 1. The molecule has 1 unspecified atom stereocenters. The van der Waals surface area contributed by atoms with E-state index in [-0.39, 0.29) is 12.3 Å². The first-order chi connectivity index (χ1) is 15.5. The molecule has 0 aliphatic carbocycles. The summed E-state index contributed by atoms with van der Waals surface area (Å²) in [6.07, 6.45) is -0.760. The first kappa shape index (κ1) is 21.8. The van der Waals surface area contributed by atoms with Crippen LogP contribution in [0.15, 0.2) is 72.1 Å². The van der Waals surface area contributed by atoms with Crippen LogP contribution >= 0.6 is 22.9 Å². The first-order valence-corrected chi connectivity index (χ1v) is 11.2. The molecule has 0 saturated carbocycles. The van der Waals surface area contributed by atoms with Crippen LogP contribution in [-0.2, 0) is 16.0 Å². The highest BCUT2D eigenvalue weighted by Gasteiger charge is 2.16. The first-order valence-electron chi connectivity index (χ1n) is 9.93. The highest BCUT2D eigenvalue weighted by atomic mass is 35.5. The maximum absolute atomic E-state index is 12.3. The summed E-state index contributed by atoms with van der Waals surface area (Å²) in [6.45, 7) is 1.62. The van der Waals surface area contributed by atoms with Crippen LogP contribution in [0.5, 0.6) is 5.75 Å². The van der Waals surface area contributed by atoms with Gasteiger partial charge in [-0.25, -0.2) is 4.98 Å². The molecule has 2 amide bonds. The van der Waals surface area contributed by atoms with Gasteiger partial charge in [0.15, 0.2) is 6.10 Å². The number of benzene rings is 3. The Kier molecular flexibility index (Phi) is 6.68. The molecule has 8 heteroatoms. The Morgan fingerprint density at radius 2 is 1.78 bits per heavy atom. The summed E-state index contributed by atoms with van der Waals surface area (Å²) in [5.41, 5.74) is 6.22. The van der Waals surface area contributed by atoms with Crippen molar-refractivity contribution in [3.63, 3.8) is 0 Å². The van der Waals surface area contributed by atoms with Crippen molar-refractivity contribution < 1.29 is 14.3 Å². The summed E-state index contributed by atoms with van der Waals surface area (Å²) in [6, 6.07) is 20.9. The number of ether oxygens (including phenoxy) is 1. The number of nitrogens with zero attached hydrogens (tertiary/aromatic N) is 1. The molecule has 0 radical (unpaired) electrons. The van der Waals surface area contributed by atoms with Gasteiger partial charge in [-0.1, -0.05) is 60.1 Å². The molecular weight excluding hydrogens is 446 g/mol.